The average Bonchev–Trinajstić information content (AvgIpc) is 3.33. The first-order valence-electron chi connectivity index (χ1n) is 9.29. The van der Waals surface area contributed by atoms with E-state index in [1.54, 1.807) is 7.11 Å². The summed E-state index contributed by atoms with van der Waals surface area (Å²) in [6.45, 7) is 2.06. The highest BCUT2D eigenvalue weighted by Gasteiger charge is 2.25. The van der Waals surface area contributed by atoms with Crippen molar-refractivity contribution >= 4 is 0 Å². The lowest BCUT2D eigenvalue weighted by molar-refractivity contribution is 0.240. The molecule has 1 aliphatic rings. The van der Waals surface area contributed by atoms with Gasteiger partial charge in [0.1, 0.15) is 5.75 Å². The number of ether oxygens (including phenoxy) is 1. The molecule has 1 fully saturated rings. The summed E-state index contributed by atoms with van der Waals surface area (Å²) in [7, 11) is 1.73. The second-order valence-electron chi connectivity index (χ2n) is 6.91. The average molecular weight is 347 g/mol. The van der Waals surface area contributed by atoms with Gasteiger partial charge in [0, 0.05) is 18.8 Å². The molecule has 4 heteroatoms. The first-order valence-corrected chi connectivity index (χ1v) is 9.29. The van der Waals surface area contributed by atoms with E-state index in [1.807, 2.05) is 28.9 Å². The smallest absolute Gasteiger partial charge is 0.119 e. The van der Waals surface area contributed by atoms with Crippen LogP contribution >= 0.6 is 0 Å². The summed E-state index contributed by atoms with van der Waals surface area (Å²) >= 11 is 0. The fraction of sp³-hybridized carbons (Fsp3) is 0.318. The molecule has 0 unspecified atom stereocenters. The van der Waals surface area contributed by atoms with Crippen LogP contribution in [0.2, 0.25) is 0 Å². The number of para-hydroxylation sites is 1. The molecule has 0 saturated carbocycles. The van der Waals surface area contributed by atoms with Crippen LogP contribution in [-0.2, 0) is 13.0 Å². The monoisotopic (exact) mass is 347 g/mol. The molecule has 0 spiro atoms. The van der Waals surface area contributed by atoms with E-state index < -0.39 is 0 Å². The summed E-state index contributed by atoms with van der Waals surface area (Å²) in [5, 5.41) is 4.77. The van der Waals surface area contributed by atoms with E-state index in [9.17, 15) is 0 Å². The molecule has 4 nitrogen and oxygen atoms in total. The van der Waals surface area contributed by atoms with Gasteiger partial charge in [0.2, 0.25) is 0 Å². The molecule has 1 saturated heterocycles. The predicted octanol–water partition coefficient (Wildman–Crippen LogP) is 4.09. The zero-order chi connectivity index (χ0) is 17.8. The second-order valence-corrected chi connectivity index (χ2v) is 6.91. The zero-order valence-electron chi connectivity index (χ0n) is 15.2. The minimum absolute atomic E-state index is 0.573. The van der Waals surface area contributed by atoms with E-state index >= 15 is 0 Å². The molecule has 1 atom stereocenters. The molecule has 2 heterocycles. The van der Waals surface area contributed by atoms with E-state index in [0.29, 0.717) is 6.04 Å². The van der Waals surface area contributed by atoms with Gasteiger partial charge in [0.25, 0.3) is 0 Å². The maximum absolute atomic E-state index is 5.36. The number of methoxy groups -OCH3 is 1. The van der Waals surface area contributed by atoms with Crippen molar-refractivity contribution in [3.8, 4) is 11.4 Å². The van der Waals surface area contributed by atoms with Gasteiger partial charge in [0.05, 0.1) is 18.5 Å². The van der Waals surface area contributed by atoms with Crippen molar-refractivity contribution in [1.82, 2.24) is 14.7 Å². The van der Waals surface area contributed by atoms with E-state index in [-0.39, 0.29) is 0 Å². The number of hydrogen-bond acceptors (Lipinski definition) is 3. The van der Waals surface area contributed by atoms with Crippen molar-refractivity contribution in [2.24, 2.45) is 0 Å². The van der Waals surface area contributed by atoms with Gasteiger partial charge in [-0.05, 0) is 61.7 Å². The SMILES string of the molecule is COc1cccc(C[C@@H]2CCCN2Cc2ccn(-c3ccccc3)n2)c1. The normalized spacial score (nSPS) is 17.5. The maximum Gasteiger partial charge on any atom is 0.119 e. The lowest BCUT2D eigenvalue weighted by atomic mass is 10.0. The summed E-state index contributed by atoms with van der Waals surface area (Å²) in [6, 6.07) is 21.4. The van der Waals surface area contributed by atoms with Crippen molar-refractivity contribution in [1.29, 1.82) is 0 Å². The fourth-order valence-electron chi connectivity index (χ4n) is 3.78. The van der Waals surface area contributed by atoms with Crippen LogP contribution in [0.3, 0.4) is 0 Å². The van der Waals surface area contributed by atoms with Crippen LogP contribution < -0.4 is 4.74 Å². The molecule has 0 bridgehead atoms. The molecule has 0 N–H and O–H groups in total. The molecule has 0 aliphatic carbocycles. The highest BCUT2D eigenvalue weighted by atomic mass is 16.5. The topological polar surface area (TPSA) is 30.3 Å². The quantitative estimate of drug-likeness (QED) is 0.673. The zero-order valence-corrected chi connectivity index (χ0v) is 15.2. The Balaban J connectivity index is 1.43. The third kappa shape index (κ3) is 3.81. The largest absolute Gasteiger partial charge is 0.497 e. The Kier molecular flexibility index (Phi) is 5.02. The van der Waals surface area contributed by atoms with Crippen molar-refractivity contribution in [3.63, 3.8) is 0 Å². The van der Waals surface area contributed by atoms with Gasteiger partial charge >= 0.3 is 0 Å². The molecule has 4 rings (SSSR count). The van der Waals surface area contributed by atoms with Gasteiger partial charge in [0.15, 0.2) is 0 Å². The Bertz CT molecular complexity index is 843. The second kappa shape index (κ2) is 7.75. The van der Waals surface area contributed by atoms with Crippen molar-refractivity contribution in [2.75, 3.05) is 13.7 Å². The van der Waals surface area contributed by atoms with Gasteiger partial charge in [-0.15, -0.1) is 0 Å². The van der Waals surface area contributed by atoms with Crippen molar-refractivity contribution < 1.29 is 4.74 Å². The third-order valence-electron chi connectivity index (χ3n) is 5.13. The van der Waals surface area contributed by atoms with Crippen LogP contribution in [0, 0.1) is 0 Å². The summed E-state index contributed by atoms with van der Waals surface area (Å²) < 4.78 is 7.32. The highest BCUT2D eigenvalue weighted by Crippen LogP contribution is 2.24. The predicted molar refractivity (Wildman–Crippen MR) is 104 cm³/mol. The van der Waals surface area contributed by atoms with Gasteiger partial charge in [-0.1, -0.05) is 30.3 Å². The molecule has 2 aromatic carbocycles. The lowest BCUT2D eigenvalue weighted by Crippen LogP contribution is -2.30. The third-order valence-corrected chi connectivity index (χ3v) is 5.13. The van der Waals surface area contributed by atoms with Gasteiger partial charge < -0.3 is 4.74 Å². The van der Waals surface area contributed by atoms with E-state index in [2.05, 4.69) is 47.5 Å². The summed E-state index contributed by atoms with van der Waals surface area (Å²) in [5.41, 5.74) is 3.58. The summed E-state index contributed by atoms with van der Waals surface area (Å²) in [6.07, 6.45) is 5.62. The number of hydrogen-bond donors (Lipinski definition) is 0. The Labute approximate surface area is 155 Å². The number of benzene rings is 2. The van der Waals surface area contributed by atoms with E-state index in [0.717, 1.165) is 36.6 Å². The number of aromatic nitrogens is 2. The van der Waals surface area contributed by atoms with Crippen LogP contribution in [0.1, 0.15) is 24.1 Å². The molecular formula is C22H25N3O. The first kappa shape index (κ1) is 16.9. The fourth-order valence-corrected chi connectivity index (χ4v) is 3.78. The number of likely N-dealkylation sites (tertiary alicyclic amines) is 1. The maximum atomic E-state index is 5.36. The molecule has 0 amide bonds. The highest BCUT2D eigenvalue weighted by molar-refractivity contribution is 5.31. The van der Waals surface area contributed by atoms with Crippen LogP contribution in [0.4, 0.5) is 0 Å². The molecule has 26 heavy (non-hydrogen) atoms. The summed E-state index contributed by atoms with van der Waals surface area (Å²) in [4.78, 5) is 2.57. The van der Waals surface area contributed by atoms with Crippen LogP contribution in [0.25, 0.3) is 5.69 Å². The number of rotatable bonds is 6. The van der Waals surface area contributed by atoms with Crippen molar-refractivity contribution in [3.05, 3.63) is 78.1 Å². The van der Waals surface area contributed by atoms with Crippen molar-refractivity contribution in [2.45, 2.75) is 31.8 Å². The van der Waals surface area contributed by atoms with Crippen LogP contribution in [0.5, 0.6) is 5.75 Å². The summed E-state index contributed by atoms with van der Waals surface area (Å²) in [5.74, 6) is 0.939. The molecular weight excluding hydrogens is 322 g/mol. The van der Waals surface area contributed by atoms with E-state index in [4.69, 9.17) is 9.84 Å². The minimum atomic E-state index is 0.573. The lowest BCUT2D eigenvalue weighted by Gasteiger charge is -2.23. The van der Waals surface area contributed by atoms with E-state index in [1.165, 1.54) is 18.4 Å². The molecule has 1 aromatic heterocycles. The van der Waals surface area contributed by atoms with Gasteiger partial charge in [-0.2, -0.15) is 5.10 Å². The van der Waals surface area contributed by atoms with Crippen LogP contribution in [0.15, 0.2) is 66.9 Å². The number of nitrogens with zero attached hydrogens (tertiary/aromatic N) is 3. The molecule has 0 radical (unpaired) electrons. The Morgan fingerprint density at radius 3 is 2.81 bits per heavy atom. The Morgan fingerprint density at radius 1 is 1.08 bits per heavy atom. The van der Waals surface area contributed by atoms with Gasteiger partial charge in [-0.25, -0.2) is 4.68 Å². The molecule has 1 aliphatic heterocycles. The molecule has 134 valence electrons. The minimum Gasteiger partial charge on any atom is -0.497 e. The molecule has 3 aromatic rings. The van der Waals surface area contributed by atoms with Crippen LogP contribution in [-0.4, -0.2) is 34.4 Å². The first-order chi connectivity index (χ1) is 12.8. The standard InChI is InChI=1S/C22H25N3O/c1-26-22-11-5-7-18(16-22)15-21-10-6-13-24(21)17-19-12-14-25(23-19)20-8-3-2-4-9-20/h2-5,7-9,11-12,14,16,21H,6,10,13,15,17H2,1H3/t21-/m0/s1. The van der Waals surface area contributed by atoms with Gasteiger partial charge in [-0.3, -0.25) is 4.90 Å². The Hall–Kier alpha value is -2.59. The Morgan fingerprint density at radius 2 is 1.96 bits per heavy atom.